The van der Waals surface area contributed by atoms with Gasteiger partial charge in [-0.15, -0.1) is 0 Å². The van der Waals surface area contributed by atoms with Gasteiger partial charge in [-0.05, 0) is 12.8 Å². The summed E-state index contributed by atoms with van der Waals surface area (Å²) < 4.78 is 0. The lowest BCUT2D eigenvalue weighted by Gasteiger charge is -2.20. The van der Waals surface area contributed by atoms with E-state index in [-0.39, 0.29) is 23.4 Å². The molecule has 2 atom stereocenters. The third kappa shape index (κ3) is 9.75. The summed E-state index contributed by atoms with van der Waals surface area (Å²) >= 11 is 0.809. The number of amides is 4. The summed E-state index contributed by atoms with van der Waals surface area (Å²) in [5.74, 6) is -2.91. The van der Waals surface area contributed by atoms with Gasteiger partial charge in [0.2, 0.25) is 18.2 Å². The fourth-order valence-electron chi connectivity index (χ4n) is 2.20. The quantitative estimate of drug-likeness (QED) is 0.290. The minimum atomic E-state index is -1.16. The highest BCUT2D eigenvalue weighted by Gasteiger charge is 2.33. The van der Waals surface area contributed by atoms with E-state index < -0.39 is 29.9 Å². The molecule has 12 nitrogen and oxygen atoms in total. The molecule has 0 saturated carbocycles. The molecule has 0 aromatic carbocycles. The predicted molar refractivity (Wildman–Crippen MR) is 98.6 cm³/mol. The molecule has 1 aliphatic rings. The second-order valence-electron chi connectivity index (χ2n) is 5.52. The van der Waals surface area contributed by atoms with Crippen LogP contribution in [0.2, 0.25) is 0 Å². The first-order chi connectivity index (χ1) is 13.1. The molecule has 13 heteroatoms. The summed E-state index contributed by atoms with van der Waals surface area (Å²) in [5.41, 5.74) is 0. The van der Waals surface area contributed by atoms with Crippen molar-refractivity contribution in [3.8, 4) is 0 Å². The van der Waals surface area contributed by atoms with Crippen molar-refractivity contribution in [3.05, 3.63) is 0 Å². The first-order valence-corrected chi connectivity index (χ1v) is 9.16. The Morgan fingerprint density at radius 1 is 1.25 bits per heavy atom. The molecule has 1 unspecified atom stereocenters. The van der Waals surface area contributed by atoms with Gasteiger partial charge >= 0.3 is 11.9 Å². The van der Waals surface area contributed by atoms with Crippen molar-refractivity contribution < 1.29 is 39.0 Å². The average Bonchev–Trinajstić information content (AvgIpc) is 3.13. The number of carbonyl (C=O) groups is 6. The van der Waals surface area contributed by atoms with Crippen LogP contribution in [-0.2, 0) is 24.0 Å². The van der Waals surface area contributed by atoms with Crippen molar-refractivity contribution in [2.75, 3.05) is 25.9 Å². The van der Waals surface area contributed by atoms with E-state index in [1.165, 1.54) is 18.9 Å². The molecule has 0 radical (unpaired) electrons. The standard InChI is InChI=1S/C8H12N2O4.C7H12N2O4S/c11-5-9-4-7(12)10-3-1-2-6(10)8(13)14;1-4(10)9-5(6(11)12)3-14-7(13)8-2/h5-6H,1-4H2,(H,9,11)(H,13,14);5H,3H2,1-2H3,(H,8,13)(H,9,10)(H,11,12)/t6-;/m0./s1. The molecule has 0 aromatic heterocycles. The molecule has 1 fully saturated rings. The van der Waals surface area contributed by atoms with E-state index in [4.69, 9.17) is 10.2 Å². The molecule has 158 valence electrons. The van der Waals surface area contributed by atoms with Gasteiger partial charge in [0.1, 0.15) is 12.1 Å². The number of carboxylic acid groups (broad SMARTS) is 2. The molecule has 0 aromatic rings. The van der Waals surface area contributed by atoms with Gasteiger partial charge in [0, 0.05) is 26.3 Å². The Labute approximate surface area is 165 Å². The Balaban J connectivity index is 0.000000521. The molecule has 28 heavy (non-hydrogen) atoms. The molecule has 0 bridgehead atoms. The highest BCUT2D eigenvalue weighted by molar-refractivity contribution is 8.13. The number of carboxylic acids is 2. The van der Waals surface area contributed by atoms with Gasteiger partial charge in [-0.2, -0.15) is 0 Å². The van der Waals surface area contributed by atoms with Gasteiger partial charge in [-0.25, -0.2) is 9.59 Å². The minimum absolute atomic E-state index is 0.00852. The number of hydrogen-bond donors (Lipinski definition) is 5. The van der Waals surface area contributed by atoms with Gasteiger partial charge in [0.05, 0.1) is 6.54 Å². The number of thioether (sulfide) groups is 1. The van der Waals surface area contributed by atoms with Crippen LogP contribution in [0.4, 0.5) is 4.79 Å². The summed E-state index contributed by atoms with van der Waals surface area (Å²) in [5, 5.41) is 23.9. The fourth-order valence-corrected chi connectivity index (χ4v) is 2.89. The Hall–Kier alpha value is -2.83. The van der Waals surface area contributed by atoms with Crippen LogP contribution < -0.4 is 16.0 Å². The van der Waals surface area contributed by atoms with Crippen LogP contribution >= 0.6 is 11.8 Å². The summed E-state index contributed by atoms with van der Waals surface area (Å²) in [6, 6.07) is -1.76. The maximum atomic E-state index is 11.4. The van der Waals surface area contributed by atoms with E-state index in [0.717, 1.165) is 11.8 Å². The topological polar surface area (TPSA) is 182 Å². The summed E-state index contributed by atoms with van der Waals surface area (Å²) in [4.78, 5) is 65.2. The van der Waals surface area contributed by atoms with Crippen LogP contribution in [0.1, 0.15) is 19.8 Å². The molecule has 1 rings (SSSR count). The van der Waals surface area contributed by atoms with Crippen LogP contribution in [-0.4, -0.2) is 88.5 Å². The molecular formula is C15H24N4O8S. The molecule has 5 N–H and O–H groups in total. The average molecular weight is 420 g/mol. The number of aliphatic carboxylic acids is 2. The molecule has 0 spiro atoms. The molecule has 1 saturated heterocycles. The zero-order chi connectivity index (χ0) is 21.7. The Morgan fingerprint density at radius 2 is 1.89 bits per heavy atom. The first kappa shape index (κ1) is 25.2. The van der Waals surface area contributed by atoms with Gasteiger partial charge in [0.25, 0.3) is 5.24 Å². The fraction of sp³-hybridized carbons (Fsp3) is 0.600. The Morgan fingerprint density at radius 3 is 2.36 bits per heavy atom. The maximum Gasteiger partial charge on any atom is 0.327 e. The second kappa shape index (κ2) is 13.4. The van der Waals surface area contributed by atoms with E-state index in [1.807, 2.05) is 0 Å². The van der Waals surface area contributed by atoms with E-state index >= 15 is 0 Å². The van der Waals surface area contributed by atoms with Crippen molar-refractivity contribution in [2.24, 2.45) is 0 Å². The Bertz CT molecular complexity index is 601. The molecule has 1 aliphatic heterocycles. The minimum Gasteiger partial charge on any atom is -0.480 e. The van der Waals surface area contributed by atoms with Crippen LogP contribution in [0.5, 0.6) is 0 Å². The SMILES string of the molecule is CNC(=O)SCC(NC(C)=O)C(=O)O.O=CNCC(=O)N1CCC[C@H]1C(=O)O. The normalized spacial score (nSPS) is 16.1. The Kier molecular flexibility index (Phi) is 12.0. The molecule has 0 aliphatic carbocycles. The van der Waals surface area contributed by atoms with E-state index in [2.05, 4.69) is 16.0 Å². The van der Waals surface area contributed by atoms with Crippen LogP contribution in [0.25, 0.3) is 0 Å². The summed E-state index contributed by atoms with van der Waals surface area (Å²) in [6.45, 7) is 1.55. The lowest BCUT2D eigenvalue weighted by molar-refractivity contribution is -0.147. The molecular weight excluding hydrogens is 396 g/mol. The predicted octanol–water partition coefficient (Wildman–Crippen LogP) is -1.54. The number of likely N-dealkylation sites (tertiary alicyclic amines) is 1. The monoisotopic (exact) mass is 420 g/mol. The van der Waals surface area contributed by atoms with Crippen molar-refractivity contribution in [2.45, 2.75) is 31.8 Å². The van der Waals surface area contributed by atoms with Gasteiger partial charge < -0.3 is 31.1 Å². The number of nitrogens with one attached hydrogen (secondary N) is 3. The zero-order valence-corrected chi connectivity index (χ0v) is 16.3. The van der Waals surface area contributed by atoms with Gasteiger partial charge in [0.15, 0.2) is 0 Å². The highest BCUT2D eigenvalue weighted by Crippen LogP contribution is 2.16. The number of hydrogen-bond acceptors (Lipinski definition) is 7. The van der Waals surface area contributed by atoms with Gasteiger partial charge in [-0.3, -0.25) is 19.2 Å². The van der Waals surface area contributed by atoms with Crippen LogP contribution in [0.3, 0.4) is 0 Å². The van der Waals surface area contributed by atoms with E-state index in [0.29, 0.717) is 25.8 Å². The smallest absolute Gasteiger partial charge is 0.327 e. The summed E-state index contributed by atoms with van der Waals surface area (Å²) in [7, 11) is 1.45. The van der Waals surface area contributed by atoms with Crippen molar-refractivity contribution in [3.63, 3.8) is 0 Å². The number of rotatable bonds is 8. The van der Waals surface area contributed by atoms with Crippen molar-refractivity contribution in [1.82, 2.24) is 20.9 Å². The first-order valence-electron chi connectivity index (χ1n) is 8.17. The lowest BCUT2D eigenvalue weighted by atomic mass is 10.2. The third-order valence-electron chi connectivity index (χ3n) is 3.46. The highest BCUT2D eigenvalue weighted by atomic mass is 32.2. The second-order valence-corrected chi connectivity index (χ2v) is 6.51. The largest absolute Gasteiger partial charge is 0.480 e. The number of carbonyl (C=O) groups excluding carboxylic acids is 4. The number of nitrogens with zero attached hydrogens (tertiary/aromatic N) is 1. The van der Waals surface area contributed by atoms with Crippen molar-refractivity contribution >= 4 is 47.2 Å². The van der Waals surface area contributed by atoms with Crippen LogP contribution in [0, 0.1) is 0 Å². The van der Waals surface area contributed by atoms with Crippen LogP contribution in [0.15, 0.2) is 0 Å². The van der Waals surface area contributed by atoms with Gasteiger partial charge in [-0.1, -0.05) is 11.8 Å². The van der Waals surface area contributed by atoms with E-state index in [1.54, 1.807) is 0 Å². The zero-order valence-electron chi connectivity index (χ0n) is 15.5. The summed E-state index contributed by atoms with van der Waals surface area (Å²) in [6.07, 6.45) is 1.61. The lowest BCUT2D eigenvalue weighted by Crippen LogP contribution is -2.44. The van der Waals surface area contributed by atoms with Crippen molar-refractivity contribution in [1.29, 1.82) is 0 Å². The maximum absolute atomic E-state index is 11.4. The molecule has 1 heterocycles. The van der Waals surface area contributed by atoms with E-state index in [9.17, 15) is 28.8 Å². The third-order valence-corrected chi connectivity index (χ3v) is 4.42. The molecule has 4 amide bonds.